The van der Waals surface area contributed by atoms with Gasteiger partial charge < -0.3 is 34.2 Å². The van der Waals surface area contributed by atoms with Crippen LogP contribution in [0.5, 0.6) is 0 Å². The predicted octanol–water partition coefficient (Wildman–Crippen LogP) is 8.48. The molecule has 12 nitrogen and oxygen atoms in total. The number of allylic oxidation sites excluding steroid dienone is 15. The van der Waals surface area contributed by atoms with Crippen LogP contribution in [0.25, 0.3) is 0 Å². The molecule has 5 atom stereocenters. The van der Waals surface area contributed by atoms with E-state index in [-0.39, 0.29) is 38.9 Å². The van der Waals surface area contributed by atoms with E-state index in [9.17, 15) is 34.4 Å². The second-order valence-electron chi connectivity index (χ2n) is 14.8. The lowest BCUT2D eigenvalue weighted by Crippen LogP contribution is -2.37. The number of quaternary nitrogens is 1. The SMILES string of the molecule is CC/C=C\C/C=C\C/C=C\C/C=C\CCCCC(=O)OC[C@H](COP(=O)(O)OCC[N+](C)(C)C)OC(=O)CCC[C@@H](O)[C@H](O)\C=C/C=C\C=C\C=C\[C@@H](O)C/C=C\CC. The highest BCUT2D eigenvalue weighted by Gasteiger charge is 2.27. The highest BCUT2D eigenvalue weighted by Crippen LogP contribution is 2.43. The number of hydrogen-bond acceptors (Lipinski definition) is 10. The second-order valence-corrected chi connectivity index (χ2v) is 16.3. The van der Waals surface area contributed by atoms with Gasteiger partial charge in [-0.05, 0) is 70.6 Å². The molecule has 0 amide bonds. The first kappa shape index (κ1) is 55.5. The highest BCUT2D eigenvalue weighted by molar-refractivity contribution is 7.47. The Hall–Kier alpha value is -3.45. The molecule has 0 aromatic heterocycles. The van der Waals surface area contributed by atoms with Crippen LogP contribution in [0.1, 0.15) is 97.3 Å². The molecule has 0 radical (unpaired) electrons. The van der Waals surface area contributed by atoms with Crippen molar-refractivity contribution in [1.29, 1.82) is 0 Å². The van der Waals surface area contributed by atoms with Crippen molar-refractivity contribution in [3.63, 3.8) is 0 Å². The largest absolute Gasteiger partial charge is 0.472 e. The number of phosphoric ester groups is 1. The fraction of sp³-hybridized carbons (Fsp3) is 0.565. The number of nitrogens with zero attached hydrogens (tertiary/aromatic N) is 1. The third-order valence-corrected chi connectivity index (χ3v) is 9.13. The topological polar surface area (TPSA) is 169 Å². The monoisotopic (exact) mass is 849 g/mol. The van der Waals surface area contributed by atoms with E-state index < -0.39 is 50.8 Å². The van der Waals surface area contributed by atoms with Crippen molar-refractivity contribution < 1.29 is 57.4 Å². The number of unbranched alkanes of at least 4 members (excludes halogenated alkanes) is 2. The first-order chi connectivity index (χ1) is 28.2. The van der Waals surface area contributed by atoms with Crippen LogP contribution >= 0.6 is 7.82 Å². The Morgan fingerprint density at radius 1 is 0.661 bits per heavy atom. The molecule has 4 N–H and O–H groups in total. The van der Waals surface area contributed by atoms with E-state index >= 15 is 0 Å². The Balaban J connectivity index is 4.83. The number of carbonyl (C=O) groups excluding carboxylic acids is 2. The normalized spacial score (nSPS) is 16.3. The first-order valence-corrected chi connectivity index (χ1v) is 22.4. The molecule has 0 saturated carbocycles. The maximum atomic E-state index is 12.7. The third-order valence-electron chi connectivity index (χ3n) is 8.14. The lowest BCUT2D eigenvalue weighted by molar-refractivity contribution is -0.870. The van der Waals surface area contributed by atoms with Gasteiger partial charge in [0, 0.05) is 12.8 Å². The van der Waals surface area contributed by atoms with E-state index in [1.807, 2.05) is 40.2 Å². The van der Waals surface area contributed by atoms with Crippen molar-refractivity contribution in [2.75, 3.05) is 47.5 Å². The van der Waals surface area contributed by atoms with Crippen molar-refractivity contribution in [2.24, 2.45) is 0 Å². The van der Waals surface area contributed by atoms with E-state index in [1.165, 1.54) is 6.08 Å². The maximum absolute atomic E-state index is 12.7. The number of esters is 2. The summed E-state index contributed by atoms with van der Waals surface area (Å²) in [5.74, 6) is -1.20. The summed E-state index contributed by atoms with van der Waals surface area (Å²) in [6, 6.07) is 0. The van der Waals surface area contributed by atoms with Crippen LogP contribution in [-0.2, 0) is 32.7 Å². The number of ether oxygens (including phenoxy) is 2. The molecule has 0 bridgehead atoms. The van der Waals surface area contributed by atoms with Crippen molar-refractivity contribution in [1.82, 2.24) is 0 Å². The third kappa shape index (κ3) is 38.5. The van der Waals surface area contributed by atoms with E-state index in [4.69, 9.17) is 18.5 Å². The van der Waals surface area contributed by atoms with Crippen LogP contribution in [0.4, 0.5) is 0 Å². The summed E-state index contributed by atoms with van der Waals surface area (Å²) in [4.78, 5) is 35.4. The standard InChI is InChI=1S/C46H74NO11P/c1-6-8-10-11-12-13-14-15-16-17-18-19-20-25-29-35-45(51)55-39-42(40-57-59(53,54)56-38-37-47(3,4)5)58-46(52)36-30-34-44(50)43(49)33-28-24-22-21-23-27-32-41(48)31-26-9-7-2/h8-10,12-13,15-16,18-19,21-24,26-28,32-33,41-44,48-50H,6-7,11,14,17,20,25,29-31,34-40H2,1-5H3/p+1/b10-8-,13-12-,16-15-,19-18-,23-21+,24-22-,26-9-,32-27+,33-28-/t41-,42+,43+,44+/m0/s1. The van der Waals surface area contributed by atoms with Crippen LogP contribution in [0.15, 0.2) is 109 Å². The first-order valence-electron chi connectivity index (χ1n) is 20.9. The van der Waals surface area contributed by atoms with E-state index in [0.717, 1.165) is 44.9 Å². The fourth-order valence-corrected chi connectivity index (χ4v) is 5.50. The summed E-state index contributed by atoms with van der Waals surface area (Å²) >= 11 is 0. The number of carbonyl (C=O) groups is 2. The molecule has 0 aliphatic heterocycles. The van der Waals surface area contributed by atoms with Gasteiger partial charge in [-0.15, -0.1) is 0 Å². The van der Waals surface area contributed by atoms with Crippen LogP contribution in [0, 0.1) is 0 Å². The minimum absolute atomic E-state index is 0.0463. The van der Waals surface area contributed by atoms with Gasteiger partial charge in [-0.1, -0.05) is 123 Å². The van der Waals surface area contributed by atoms with Gasteiger partial charge in [0.15, 0.2) is 6.10 Å². The van der Waals surface area contributed by atoms with Gasteiger partial charge in [-0.25, -0.2) is 4.57 Å². The molecule has 0 heterocycles. The van der Waals surface area contributed by atoms with Gasteiger partial charge in [0.2, 0.25) is 0 Å². The van der Waals surface area contributed by atoms with Crippen LogP contribution in [-0.4, -0.2) is 109 Å². The van der Waals surface area contributed by atoms with Gasteiger partial charge in [0.1, 0.15) is 19.8 Å². The van der Waals surface area contributed by atoms with Crippen molar-refractivity contribution in [3.8, 4) is 0 Å². The predicted molar refractivity (Wildman–Crippen MR) is 237 cm³/mol. The van der Waals surface area contributed by atoms with Crippen molar-refractivity contribution in [3.05, 3.63) is 109 Å². The highest BCUT2D eigenvalue weighted by atomic mass is 31.2. The molecule has 0 aromatic carbocycles. The average Bonchev–Trinajstić information content (AvgIpc) is 3.17. The summed E-state index contributed by atoms with van der Waals surface area (Å²) in [6.07, 6.45) is 38.1. The summed E-state index contributed by atoms with van der Waals surface area (Å²) < 4.78 is 33.9. The van der Waals surface area contributed by atoms with Gasteiger partial charge in [0.05, 0.1) is 46.1 Å². The molecule has 59 heavy (non-hydrogen) atoms. The Kier molecular flexibility index (Phi) is 34.3. The molecule has 0 aliphatic rings. The number of phosphoric acid groups is 1. The Labute approximate surface area is 354 Å². The van der Waals surface area contributed by atoms with Gasteiger partial charge in [-0.3, -0.25) is 18.6 Å². The number of aliphatic hydroxyl groups excluding tert-OH is 3. The molecule has 334 valence electrons. The van der Waals surface area contributed by atoms with Crippen molar-refractivity contribution >= 4 is 19.8 Å². The average molecular weight is 849 g/mol. The van der Waals surface area contributed by atoms with Gasteiger partial charge in [0.25, 0.3) is 0 Å². The van der Waals surface area contributed by atoms with Crippen LogP contribution < -0.4 is 0 Å². The molecular weight excluding hydrogens is 773 g/mol. The summed E-state index contributed by atoms with van der Waals surface area (Å²) in [6.45, 7) is 3.61. The van der Waals surface area contributed by atoms with Gasteiger partial charge in [-0.2, -0.15) is 0 Å². The minimum atomic E-state index is -4.49. The Morgan fingerprint density at radius 2 is 1.22 bits per heavy atom. The molecule has 0 spiro atoms. The molecule has 0 saturated heterocycles. The summed E-state index contributed by atoms with van der Waals surface area (Å²) in [5, 5.41) is 30.5. The zero-order chi connectivity index (χ0) is 44.0. The van der Waals surface area contributed by atoms with E-state index in [1.54, 1.807) is 42.5 Å². The zero-order valence-electron chi connectivity index (χ0n) is 36.3. The van der Waals surface area contributed by atoms with Crippen LogP contribution in [0.2, 0.25) is 0 Å². The van der Waals surface area contributed by atoms with Gasteiger partial charge >= 0.3 is 19.8 Å². The number of rotatable bonds is 35. The summed E-state index contributed by atoms with van der Waals surface area (Å²) in [5.41, 5.74) is 0. The second kappa shape index (κ2) is 36.4. The van der Waals surface area contributed by atoms with E-state index in [2.05, 4.69) is 55.5 Å². The number of aliphatic hydroxyl groups is 3. The van der Waals surface area contributed by atoms with Crippen LogP contribution in [0.3, 0.4) is 0 Å². The lowest BCUT2D eigenvalue weighted by atomic mass is 10.1. The molecule has 0 aliphatic carbocycles. The summed E-state index contributed by atoms with van der Waals surface area (Å²) in [7, 11) is 1.21. The van der Waals surface area contributed by atoms with E-state index in [0.29, 0.717) is 23.9 Å². The Bertz CT molecular complexity index is 1420. The lowest BCUT2D eigenvalue weighted by Gasteiger charge is -2.24. The molecule has 0 aromatic rings. The molecule has 1 unspecified atom stereocenters. The fourth-order valence-electron chi connectivity index (χ4n) is 4.76. The quantitative estimate of drug-likeness (QED) is 0.0121. The zero-order valence-corrected chi connectivity index (χ0v) is 37.2. The number of hydrogen-bond donors (Lipinski definition) is 4. The number of likely N-dealkylation sites (N-methyl/N-ethyl adjacent to an activating group) is 1. The maximum Gasteiger partial charge on any atom is 0.472 e. The molecule has 0 fully saturated rings. The molecular formula is C46H75NO11P+. The molecule has 0 rings (SSSR count). The smallest absolute Gasteiger partial charge is 0.462 e. The molecule has 13 heteroatoms. The van der Waals surface area contributed by atoms with Crippen molar-refractivity contribution in [2.45, 2.75) is 122 Å². The minimum Gasteiger partial charge on any atom is -0.462 e. The Morgan fingerprint density at radius 3 is 1.85 bits per heavy atom.